The lowest BCUT2D eigenvalue weighted by molar-refractivity contribution is -0.119. The van der Waals surface area contributed by atoms with Crippen LogP contribution in [0.15, 0.2) is 0 Å². The van der Waals surface area contributed by atoms with E-state index in [0.29, 0.717) is 0 Å². The van der Waals surface area contributed by atoms with Gasteiger partial charge < -0.3 is 10.6 Å². The van der Waals surface area contributed by atoms with Crippen molar-refractivity contribution in [3.05, 3.63) is 0 Å². The van der Waals surface area contributed by atoms with E-state index < -0.39 is 14.7 Å². The lowest BCUT2D eigenvalue weighted by atomic mass is 10.6. The van der Waals surface area contributed by atoms with Crippen molar-refractivity contribution in [2.75, 3.05) is 19.7 Å². The van der Waals surface area contributed by atoms with Gasteiger partial charge in [-0.1, -0.05) is 0 Å². The quantitative estimate of drug-likeness (QED) is 0.312. The molecule has 0 aromatic rings. The molecule has 0 radical (unpaired) electrons. The van der Waals surface area contributed by atoms with Crippen molar-refractivity contribution in [2.24, 2.45) is 0 Å². The van der Waals surface area contributed by atoms with Crippen LogP contribution in [0, 0.1) is 0 Å². The lowest BCUT2D eigenvalue weighted by Gasteiger charge is -2.12. The average molecular weight is 284 g/mol. The molecule has 0 saturated carbocycles. The summed E-state index contributed by atoms with van der Waals surface area (Å²) in [4.78, 5) is 21.1. The Morgan fingerprint density at radius 3 is 2.24 bits per heavy atom. The maximum Gasteiger partial charge on any atom is 0.281 e. The summed E-state index contributed by atoms with van der Waals surface area (Å²) in [6.07, 6.45) is 0. The second kappa shape index (κ2) is 7.51. The molecule has 1 atom stereocenters. The number of hydrogen-bond donors (Lipinski definition) is 3. The van der Waals surface area contributed by atoms with E-state index in [2.05, 4.69) is 27.4 Å². The zero-order valence-corrected chi connectivity index (χ0v) is 11.3. The van der Waals surface area contributed by atoms with Gasteiger partial charge in [0.2, 0.25) is 11.8 Å². The van der Waals surface area contributed by atoms with Gasteiger partial charge in [-0.05, 0) is 0 Å². The molecule has 0 spiro atoms. The number of hydrogen-bond acceptors (Lipinski definition) is 6. The molecule has 0 heterocycles. The van der Waals surface area contributed by atoms with Gasteiger partial charge in [0.25, 0.3) is 10.1 Å². The molecule has 0 aromatic heterocycles. The first-order chi connectivity index (χ1) is 7.75. The SMILES string of the molecule is CC(=O)NCCOS(=O)(=O)C(S)CNC(C)=O. The molecule has 0 aromatic carbocycles. The highest BCUT2D eigenvalue weighted by Crippen LogP contribution is 2.07. The zero-order chi connectivity index (χ0) is 13.5. The van der Waals surface area contributed by atoms with E-state index in [9.17, 15) is 18.0 Å². The van der Waals surface area contributed by atoms with Crippen molar-refractivity contribution in [2.45, 2.75) is 18.4 Å². The molecule has 7 nitrogen and oxygen atoms in total. The monoisotopic (exact) mass is 284 g/mol. The van der Waals surface area contributed by atoms with E-state index in [-0.39, 0.29) is 31.5 Å². The summed E-state index contributed by atoms with van der Waals surface area (Å²) in [5.41, 5.74) is 0. The normalized spacial score (nSPS) is 12.9. The molecule has 0 bridgehead atoms. The second-order valence-electron chi connectivity index (χ2n) is 3.19. The molecular weight excluding hydrogens is 268 g/mol. The van der Waals surface area contributed by atoms with Crippen LogP contribution < -0.4 is 10.6 Å². The van der Waals surface area contributed by atoms with Crippen LogP contribution in [0.1, 0.15) is 13.8 Å². The van der Waals surface area contributed by atoms with Gasteiger partial charge in [-0.15, -0.1) is 0 Å². The minimum absolute atomic E-state index is 0.0925. The number of carbonyl (C=O) groups is 2. The molecule has 0 aliphatic rings. The summed E-state index contributed by atoms with van der Waals surface area (Å²) < 4.78 is 26.3. The Kier molecular flexibility index (Phi) is 7.16. The zero-order valence-electron chi connectivity index (χ0n) is 9.60. The topological polar surface area (TPSA) is 102 Å². The van der Waals surface area contributed by atoms with Crippen LogP contribution >= 0.6 is 12.6 Å². The third kappa shape index (κ3) is 8.00. The third-order valence-corrected chi connectivity index (χ3v) is 3.87. The van der Waals surface area contributed by atoms with Crippen molar-refractivity contribution < 1.29 is 22.2 Å². The van der Waals surface area contributed by atoms with Gasteiger partial charge in [-0.2, -0.15) is 21.0 Å². The van der Waals surface area contributed by atoms with E-state index in [4.69, 9.17) is 0 Å². The highest BCUT2D eigenvalue weighted by atomic mass is 32.3. The summed E-state index contributed by atoms with van der Waals surface area (Å²) >= 11 is 3.81. The maximum absolute atomic E-state index is 11.4. The van der Waals surface area contributed by atoms with Crippen molar-refractivity contribution >= 4 is 34.6 Å². The van der Waals surface area contributed by atoms with Gasteiger partial charge in [0.1, 0.15) is 4.58 Å². The van der Waals surface area contributed by atoms with Gasteiger partial charge in [-0.25, -0.2) is 0 Å². The molecule has 1 unspecified atom stereocenters. The van der Waals surface area contributed by atoms with Gasteiger partial charge in [0.15, 0.2) is 0 Å². The van der Waals surface area contributed by atoms with Crippen LogP contribution in [0.4, 0.5) is 0 Å². The first-order valence-electron chi connectivity index (χ1n) is 4.81. The molecule has 0 fully saturated rings. The predicted molar refractivity (Wildman–Crippen MR) is 65.0 cm³/mol. The van der Waals surface area contributed by atoms with Crippen molar-refractivity contribution in [1.82, 2.24) is 10.6 Å². The third-order valence-electron chi connectivity index (χ3n) is 1.58. The molecule has 0 rings (SSSR count). The van der Waals surface area contributed by atoms with Crippen molar-refractivity contribution in [3.8, 4) is 0 Å². The average Bonchev–Trinajstić information content (AvgIpc) is 2.20. The van der Waals surface area contributed by atoms with Crippen molar-refractivity contribution in [1.29, 1.82) is 0 Å². The van der Waals surface area contributed by atoms with Crippen molar-refractivity contribution in [3.63, 3.8) is 0 Å². The minimum atomic E-state index is -3.86. The Hall–Kier alpha value is -0.800. The van der Waals surface area contributed by atoms with Gasteiger partial charge in [0, 0.05) is 26.9 Å². The van der Waals surface area contributed by atoms with Gasteiger partial charge in [0.05, 0.1) is 6.61 Å². The van der Waals surface area contributed by atoms with Crippen LogP contribution in [0.2, 0.25) is 0 Å². The van der Waals surface area contributed by atoms with Crippen LogP contribution in [-0.4, -0.2) is 44.5 Å². The number of thiol groups is 1. The van der Waals surface area contributed by atoms with Crippen LogP contribution in [0.3, 0.4) is 0 Å². The Morgan fingerprint density at radius 2 is 1.76 bits per heavy atom. The van der Waals surface area contributed by atoms with Gasteiger partial charge >= 0.3 is 0 Å². The highest BCUT2D eigenvalue weighted by molar-refractivity contribution is 8.02. The Labute approximate surface area is 106 Å². The largest absolute Gasteiger partial charge is 0.354 e. The van der Waals surface area contributed by atoms with E-state index in [1.165, 1.54) is 13.8 Å². The Morgan fingerprint density at radius 1 is 1.24 bits per heavy atom. The molecule has 0 aliphatic heterocycles. The summed E-state index contributed by atoms with van der Waals surface area (Å²) in [5.74, 6) is -0.621. The smallest absolute Gasteiger partial charge is 0.281 e. The Bertz CT molecular complexity index is 368. The number of rotatable bonds is 7. The number of amides is 2. The fourth-order valence-corrected chi connectivity index (χ4v) is 1.83. The molecule has 0 saturated heterocycles. The number of nitrogens with one attached hydrogen (secondary N) is 2. The Balaban J connectivity index is 4.01. The molecule has 17 heavy (non-hydrogen) atoms. The van der Waals surface area contributed by atoms with E-state index in [1.807, 2.05) is 0 Å². The summed E-state index contributed by atoms with van der Waals surface area (Å²) in [5, 5.41) is 4.70. The van der Waals surface area contributed by atoms with Crippen LogP contribution in [0.25, 0.3) is 0 Å². The minimum Gasteiger partial charge on any atom is -0.354 e. The molecule has 100 valence electrons. The van der Waals surface area contributed by atoms with Crippen LogP contribution in [-0.2, 0) is 23.9 Å². The molecule has 0 aliphatic carbocycles. The van der Waals surface area contributed by atoms with E-state index in [0.717, 1.165) is 0 Å². The van der Waals surface area contributed by atoms with E-state index >= 15 is 0 Å². The first kappa shape index (κ1) is 16.2. The van der Waals surface area contributed by atoms with Crippen LogP contribution in [0.5, 0.6) is 0 Å². The molecular formula is C8H16N2O5S2. The standard InChI is InChI=1S/C8H16N2O5S2/c1-6(11)9-3-4-15-17(13,14)8(16)5-10-7(2)12/h8,16H,3-5H2,1-2H3,(H,9,11)(H,10,12). The summed E-state index contributed by atoms with van der Waals surface area (Å²) in [6.45, 7) is 2.37. The second-order valence-corrected chi connectivity index (χ2v) is 5.95. The fourth-order valence-electron chi connectivity index (χ4n) is 0.797. The fraction of sp³-hybridized carbons (Fsp3) is 0.750. The lowest BCUT2D eigenvalue weighted by Crippen LogP contribution is -2.34. The predicted octanol–water partition coefficient (Wildman–Crippen LogP) is -1.14. The first-order valence-corrected chi connectivity index (χ1v) is 6.79. The molecule has 2 N–H and O–H groups in total. The molecule has 9 heteroatoms. The van der Waals surface area contributed by atoms with Gasteiger partial charge in [-0.3, -0.25) is 13.8 Å². The highest BCUT2D eigenvalue weighted by Gasteiger charge is 2.22. The summed E-state index contributed by atoms with van der Waals surface area (Å²) in [6, 6.07) is 0. The maximum atomic E-state index is 11.4. The number of carbonyl (C=O) groups excluding carboxylic acids is 2. The van der Waals surface area contributed by atoms with E-state index in [1.54, 1.807) is 0 Å². The summed E-state index contributed by atoms with van der Waals surface area (Å²) in [7, 11) is -3.86. The molecule has 2 amide bonds.